The van der Waals surface area contributed by atoms with Crippen molar-refractivity contribution in [3.8, 4) is 11.3 Å². The van der Waals surface area contributed by atoms with Crippen molar-refractivity contribution in [2.24, 2.45) is 0 Å². The number of hydrogen-bond acceptors (Lipinski definition) is 4. The predicted molar refractivity (Wildman–Crippen MR) is 66.6 cm³/mol. The van der Waals surface area contributed by atoms with Gasteiger partial charge in [-0.15, -0.1) is 0 Å². The highest BCUT2D eigenvalue weighted by Crippen LogP contribution is 2.16. The van der Waals surface area contributed by atoms with Gasteiger partial charge >= 0.3 is 6.09 Å². The van der Waals surface area contributed by atoms with Crippen molar-refractivity contribution >= 4 is 6.09 Å². The van der Waals surface area contributed by atoms with E-state index in [-0.39, 0.29) is 0 Å². The van der Waals surface area contributed by atoms with Gasteiger partial charge in [0.1, 0.15) is 5.82 Å². The van der Waals surface area contributed by atoms with Crippen LogP contribution in [0.25, 0.3) is 11.3 Å². The number of rotatable bonds is 3. The maximum atomic E-state index is 11.3. The Bertz CT molecular complexity index is 536. The van der Waals surface area contributed by atoms with E-state index in [0.29, 0.717) is 12.4 Å². The summed E-state index contributed by atoms with van der Waals surface area (Å²) in [6.07, 6.45) is 4.64. The number of nitrogens with zero attached hydrogens (tertiary/aromatic N) is 3. The monoisotopic (exact) mass is 246 g/mol. The number of amides is 1. The molecule has 0 saturated heterocycles. The first-order chi connectivity index (χ1) is 8.70. The largest absolute Gasteiger partial charge is 0.449 e. The van der Waals surface area contributed by atoms with Gasteiger partial charge in [-0.3, -0.25) is 4.98 Å². The molecule has 1 amide bonds. The Balaban J connectivity index is 2.20. The van der Waals surface area contributed by atoms with Crippen molar-refractivity contribution in [1.82, 2.24) is 14.6 Å². The summed E-state index contributed by atoms with van der Waals surface area (Å²) >= 11 is 0. The Morgan fingerprint density at radius 1 is 1.56 bits per heavy atom. The molecule has 0 aliphatic carbocycles. The maximum Gasteiger partial charge on any atom is 0.426 e. The van der Waals surface area contributed by atoms with Crippen molar-refractivity contribution in [2.45, 2.75) is 13.8 Å². The van der Waals surface area contributed by atoms with E-state index < -0.39 is 6.09 Å². The van der Waals surface area contributed by atoms with E-state index in [9.17, 15) is 4.79 Å². The lowest BCUT2D eigenvalue weighted by Crippen LogP contribution is -2.23. The summed E-state index contributed by atoms with van der Waals surface area (Å²) in [7, 11) is 0. The van der Waals surface area contributed by atoms with Gasteiger partial charge in [-0.2, -0.15) is 0 Å². The fourth-order valence-electron chi connectivity index (χ4n) is 1.50. The van der Waals surface area contributed by atoms with Crippen LogP contribution in [0, 0.1) is 6.92 Å². The second-order valence-electron chi connectivity index (χ2n) is 3.62. The molecule has 18 heavy (non-hydrogen) atoms. The van der Waals surface area contributed by atoms with E-state index >= 15 is 0 Å². The van der Waals surface area contributed by atoms with Gasteiger partial charge in [-0.25, -0.2) is 19.9 Å². The Labute approximate surface area is 105 Å². The summed E-state index contributed by atoms with van der Waals surface area (Å²) in [5, 5.41) is 0. The highest BCUT2D eigenvalue weighted by molar-refractivity contribution is 5.76. The van der Waals surface area contributed by atoms with Gasteiger partial charge in [-0.05, 0) is 26.0 Å². The van der Waals surface area contributed by atoms with Crippen molar-refractivity contribution in [3.63, 3.8) is 0 Å². The topological polar surface area (TPSA) is 69.0 Å². The number of nitrogens with one attached hydrogen (secondary N) is 1. The van der Waals surface area contributed by atoms with Crippen LogP contribution in [0.1, 0.15) is 12.7 Å². The highest BCUT2D eigenvalue weighted by Gasteiger charge is 2.08. The summed E-state index contributed by atoms with van der Waals surface area (Å²) in [5.41, 5.74) is 4.21. The number of imidazole rings is 1. The van der Waals surface area contributed by atoms with Crippen molar-refractivity contribution < 1.29 is 9.53 Å². The number of carbonyl (C=O) groups is 1. The number of aryl methyl sites for hydroxylation is 1. The molecular formula is C12H14N4O2. The maximum absolute atomic E-state index is 11.3. The van der Waals surface area contributed by atoms with Crippen LogP contribution in [0.4, 0.5) is 4.79 Å². The van der Waals surface area contributed by atoms with E-state index in [2.05, 4.69) is 15.4 Å². The minimum atomic E-state index is -0.504. The third-order valence-corrected chi connectivity index (χ3v) is 2.33. The number of aromatic nitrogens is 3. The Kier molecular flexibility index (Phi) is 3.57. The Hall–Kier alpha value is -2.37. The van der Waals surface area contributed by atoms with Crippen molar-refractivity contribution in [3.05, 3.63) is 36.5 Å². The van der Waals surface area contributed by atoms with E-state index in [1.807, 2.05) is 12.1 Å². The molecule has 0 spiro atoms. The average Bonchev–Trinajstić information content (AvgIpc) is 2.72. The van der Waals surface area contributed by atoms with Crippen molar-refractivity contribution in [2.75, 3.05) is 12.0 Å². The standard InChI is InChI=1S/C12H14N4O2/c1-3-18-12(17)15-16-8-11(14-9(16)2)10-5-4-6-13-7-10/h4-8H,3H2,1-2H3,(H,15,17). The molecule has 0 atom stereocenters. The van der Waals surface area contributed by atoms with Gasteiger partial charge in [0.25, 0.3) is 0 Å². The molecule has 0 bridgehead atoms. The zero-order chi connectivity index (χ0) is 13.0. The van der Waals surface area contributed by atoms with Crippen LogP contribution >= 0.6 is 0 Å². The molecule has 2 rings (SSSR count). The second kappa shape index (κ2) is 5.31. The molecule has 0 radical (unpaired) electrons. The van der Waals surface area contributed by atoms with Gasteiger partial charge in [0.05, 0.1) is 18.5 Å². The van der Waals surface area contributed by atoms with Crippen LogP contribution in [0.15, 0.2) is 30.7 Å². The third kappa shape index (κ3) is 2.65. The summed E-state index contributed by atoms with van der Waals surface area (Å²) < 4.78 is 6.33. The molecule has 0 aliphatic heterocycles. The van der Waals surface area contributed by atoms with Gasteiger partial charge in [-0.1, -0.05) is 0 Å². The summed E-state index contributed by atoms with van der Waals surface area (Å²) in [5.74, 6) is 0.668. The van der Waals surface area contributed by atoms with Gasteiger partial charge in [0.2, 0.25) is 0 Å². The molecule has 6 heteroatoms. The molecule has 0 unspecified atom stereocenters. The molecule has 6 nitrogen and oxygen atoms in total. The lowest BCUT2D eigenvalue weighted by molar-refractivity contribution is 0.164. The average molecular weight is 246 g/mol. The van der Waals surface area contributed by atoms with E-state index in [1.54, 1.807) is 32.4 Å². The first-order valence-electron chi connectivity index (χ1n) is 5.61. The van der Waals surface area contributed by atoms with Crippen molar-refractivity contribution in [1.29, 1.82) is 0 Å². The molecular weight excluding hydrogens is 232 g/mol. The molecule has 2 heterocycles. The summed E-state index contributed by atoms with van der Waals surface area (Å²) in [6, 6.07) is 3.74. The van der Waals surface area contributed by atoms with Crippen LogP contribution in [-0.2, 0) is 4.74 Å². The summed E-state index contributed by atoms with van der Waals surface area (Å²) in [6.45, 7) is 3.88. The quantitative estimate of drug-likeness (QED) is 0.898. The van der Waals surface area contributed by atoms with Crippen LogP contribution in [0.5, 0.6) is 0 Å². The fourth-order valence-corrected chi connectivity index (χ4v) is 1.50. The number of hydrogen-bond donors (Lipinski definition) is 1. The minimum absolute atomic E-state index is 0.328. The lowest BCUT2D eigenvalue weighted by atomic mass is 10.2. The van der Waals surface area contributed by atoms with E-state index in [1.165, 1.54) is 4.68 Å². The molecule has 0 aliphatic rings. The SMILES string of the molecule is CCOC(=O)Nn1cc(-c2cccnc2)nc1C. The fraction of sp³-hybridized carbons (Fsp3) is 0.250. The number of pyridine rings is 1. The Morgan fingerprint density at radius 2 is 2.39 bits per heavy atom. The Morgan fingerprint density at radius 3 is 3.06 bits per heavy atom. The molecule has 2 aromatic heterocycles. The minimum Gasteiger partial charge on any atom is -0.449 e. The summed E-state index contributed by atoms with van der Waals surface area (Å²) in [4.78, 5) is 19.7. The molecule has 0 saturated carbocycles. The zero-order valence-electron chi connectivity index (χ0n) is 10.3. The first-order valence-corrected chi connectivity index (χ1v) is 5.61. The van der Waals surface area contributed by atoms with E-state index in [4.69, 9.17) is 4.74 Å². The van der Waals surface area contributed by atoms with Crippen LogP contribution in [-0.4, -0.2) is 27.3 Å². The first kappa shape index (κ1) is 12.1. The zero-order valence-corrected chi connectivity index (χ0v) is 10.3. The second-order valence-corrected chi connectivity index (χ2v) is 3.62. The van der Waals surface area contributed by atoms with E-state index in [0.717, 1.165) is 11.3 Å². The van der Waals surface area contributed by atoms with Crippen LogP contribution in [0.2, 0.25) is 0 Å². The van der Waals surface area contributed by atoms with Gasteiger partial charge < -0.3 is 4.74 Å². The predicted octanol–water partition coefficient (Wildman–Crippen LogP) is 1.95. The molecule has 0 aromatic carbocycles. The molecule has 1 N–H and O–H groups in total. The lowest BCUT2D eigenvalue weighted by Gasteiger charge is -2.06. The van der Waals surface area contributed by atoms with Crippen LogP contribution < -0.4 is 5.43 Å². The number of carbonyl (C=O) groups excluding carboxylic acids is 1. The third-order valence-electron chi connectivity index (χ3n) is 2.33. The smallest absolute Gasteiger partial charge is 0.426 e. The number of ether oxygens (including phenoxy) is 1. The molecule has 0 fully saturated rings. The molecule has 94 valence electrons. The van der Waals surface area contributed by atoms with Gasteiger partial charge in [0.15, 0.2) is 0 Å². The highest BCUT2D eigenvalue weighted by atomic mass is 16.5. The van der Waals surface area contributed by atoms with Crippen LogP contribution in [0.3, 0.4) is 0 Å². The van der Waals surface area contributed by atoms with Gasteiger partial charge in [0, 0.05) is 18.0 Å². The normalized spacial score (nSPS) is 10.1. The molecule has 2 aromatic rings.